The molecule has 66 heavy (non-hydrogen) atoms. The highest BCUT2D eigenvalue weighted by Crippen LogP contribution is 2.65. The van der Waals surface area contributed by atoms with Crippen LogP contribution in [0.15, 0.2) is 102 Å². The Bertz CT molecular complexity index is 2330. The third-order valence-corrected chi connectivity index (χ3v) is 20.2. The molecule has 3 aromatic carbocycles. The second kappa shape index (κ2) is 18.6. The van der Waals surface area contributed by atoms with Crippen molar-refractivity contribution >= 4 is 37.9 Å². The van der Waals surface area contributed by atoms with Crippen molar-refractivity contribution in [1.82, 2.24) is 5.32 Å². The Labute approximate surface area is 387 Å². The van der Waals surface area contributed by atoms with E-state index in [2.05, 4.69) is 5.32 Å². The molecule has 7 rings (SSSR count). The summed E-state index contributed by atoms with van der Waals surface area (Å²) in [6, 6.07) is 25.6. The van der Waals surface area contributed by atoms with E-state index in [9.17, 15) is 34.5 Å². The molecule has 2 saturated carbocycles. The van der Waals surface area contributed by atoms with Gasteiger partial charge in [0, 0.05) is 30.7 Å². The number of Topliss-reactive ketones (excluding diaryl/α,β-unsaturated/α-hetero) is 1. The first-order chi connectivity index (χ1) is 31.2. The summed E-state index contributed by atoms with van der Waals surface area (Å²) >= 11 is 0. The lowest BCUT2D eigenvalue weighted by Gasteiger charge is -2.68. The van der Waals surface area contributed by atoms with Crippen molar-refractivity contribution in [3.05, 3.63) is 119 Å². The third-order valence-electron chi connectivity index (χ3n) is 15.5. The predicted molar refractivity (Wildman–Crippen MR) is 244 cm³/mol. The van der Waals surface area contributed by atoms with Crippen LogP contribution in [0.1, 0.15) is 101 Å². The fourth-order valence-electron chi connectivity index (χ4n) is 11.4. The lowest BCUT2D eigenvalue weighted by Crippen LogP contribution is -2.82. The number of rotatable bonds is 14. The van der Waals surface area contributed by atoms with E-state index in [1.165, 1.54) is 6.92 Å². The molecule has 1 aliphatic heterocycles. The summed E-state index contributed by atoms with van der Waals surface area (Å²) in [5, 5.41) is 41.3. The van der Waals surface area contributed by atoms with Gasteiger partial charge in [-0.15, -0.1) is 0 Å². The molecule has 2 unspecified atom stereocenters. The van der Waals surface area contributed by atoms with Crippen LogP contribution >= 0.6 is 0 Å². The number of aliphatic hydroxyl groups is 3. The van der Waals surface area contributed by atoms with E-state index in [-0.39, 0.29) is 35.3 Å². The molecule has 4 N–H and O–H groups in total. The van der Waals surface area contributed by atoms with Crippen molar-refractivity contribution in [1.29, 1.82) is 0 Å². The van der Waals surface area contributed by atoms with Crippen LogP contribution in [0.3, 0.4) is 0 Å². The normalized spacial score (nSPS) is 31.0. The standard InChI is InChI=1S/C51H63NO13Si/c1-9-66(10-2,11-3)65-36-27-37-50(29-61-37,64-31(5)53)42-44(63-46(58)34-25-19-14-20-26-34)51(60)28-35(30(4)38(48(51,6)7)40(54)43(56)49(36,42)8)62-47(59)41(55)39(32-21-15-12-16-22-32)52-45(57)33-23-17-13-18-24-33/h12-26,35-37,39-42,44,54-55,60H,9-11,27-29H2,1-8H3,(H,52,57)/t35-,36-,37+,39-,40+,41-,42?,44?,49+,50-,51+/m0/s1. The van der Waals surface area contributed by atoms with Crippen LogP contribution in [-0.4, -0.2) is 108 Å². The van der Waals surface area contributed by atoms with Crippen LogP contribution in [0.25, 0.3) is 0 Å². The first-order valence-electron chi connectivity index (χ1n) is 23.0. The Hall–Kier alpha value is -5.03. The first-order valence-corrected chi connectivity index (χ1v) is 25.5. The van der Waals surface area contributed by atoms with Gasteiger partial charge < -0.3 is 44.0 Å². The average molecular weight is 926 g/mol. The maximum absolute atomic E-state index is 15.8. The molecule has 1 saturated heterocycles. The van der Waals surface area contributed by atoms with E-state index >= 15 is 4.79 Å². The molecule has 354 valence electrons. The summed E-state index contributed by atoms with van der Waals surface area (Å²) in [6.07, 6.45) is -9.24. The van der Waals surface area contributed by atoms with E-state index in [1.807, 2.05) is 20.8 Å². The highest BCUT2D eigenvalue weighted by atomic mass is 28.4. The van der Waals surface area contributed by atoms with Crippen LogP contribution < -0.4 is 5.32 Å². The van der Waals surface area contributed by atoms with Crippen LogP contribution in [0, 0.1) is 16.7 Å². The largest absolute Gasteiger partial charge is 0.456 e. The summed E-state index contributed by atoms with van der Waals surface area (Å²) < 4.78 is 32.5. The Morgan fingerprint density at radius 2 is 1.42 bits per heavy atom. The molecule has 15 heteroatoms. The minimum absolute atomic E-state index is 0.0308. The number of hydrogen-bond donors (Lipinski definition) is 4. The van der Waals surface area contributed by atoms with E-state index < -0.39 is 115 Å². The number of ketones is 1. The maximum atomic E-state index is 15.8. The minimum atomic E-state index is -2.58. The maximum Gasteiger partial charge on any atom is 0.338 e. The number of amides is 1. The number of carbonyl (C=O) groups is 5. The lowest BCUT2D eigenvalue weighted by atomic mass is 9.44. The van der Waals surface area contributed by atoms with Crippen molar-refractivity contribution in [3.63, 3.8) is 0 Å². The molecular formula is C51H63NO13Si. The molecule has 3 fully saturated rings. The number of nitrogens with one attached hydrogen (secondary N) is 1. The van der Waals surface area contributed by atoms with Gasteiger partial charge in [-0.2, -0.15) is 0 Å². The number of aliphatic hydroxyl groups excluding tert-OH is 2. The van der Waals surface area contributed by atoms with E-state index in [0.29, 0.717) is 23.7 Å². The zero-order chi connectivity index (χ0) is 48.0. The quantitative estimate of drug-likeness (QED) is 0.0617. The number of hydrogen-bond acceptors (Lipinski definition) is 13. The second-order valence-electron chi connectivity index (χ2n) is 19.1. The molecule has 1 amide bonds. The average Bonchev–Trinajstić information content (AvgIpc) is 3.31. The van der Waals surface area contributed by atoms with Gasteiger partial charge in [0.15, 0.2) is 25.8 Å². The molecular weight excluding hydrogens is 863 g/mol. The SMILES string of the molecule is CC[Si](CC)(CC)O[C@H]1C[C@H]2OC[C@@]2(OC(C)=O)C2C(OC(=O)c3ccccc3)[C@]3(O)C[C@H](OC(=O)[C@@H](O)[C@@H](NC(=O)c4ccccc4)c4ccccc4)C(C)=C([C@@H](O)C(=O)[C@@]21C)C3(C)C. The first kappa shape index (κ1) is 48.9. The summed E-state index contributed by atoms with van der Waals surface area (Å²) in [5.41, 5.74) is -6.28. The van der Waals surface area contributed by atoms with Crippen molar-refractivity contribution in [3.8, 4) is 0 Å². The second-order valence-corrected chi connectivity index (χ2v) is 23.8. The third kappa shape index (κ3) is 8.15. The smallest absolute Gasteiger partial charge is 0.338 e. The Balaban J connectivity index is 1.39. The van der Waals surface area contributed by atoms with Crippen LogP contribution in [0.5, 0.6) is 0 Å². The monoisotopic (exact) mass is 925 g/mol. The van der Waals surface area contributed by atoms with Gasteiger partial charge in [-0.05, 0) is 73.0 Å². The van der Waals surface area contributed by atoms with E-state index in [0.717, 1.165) is 0 Å². The molecule has 3 aromatic rings. The summed E-state index contributed by atoms with van der Waals surface area (Å²) in [7, 11) is -2.58. The minimum Gasteiger partial charge on any atom is -0.456 e. The Morgan fingerprint density at radius 1 is 0.864 bits per heavy atom. The van der Waals surface area contributed by atoms with Gasteiger partial charge in [0.05, 0.1) is 35.6 Å². The van der Waals surface area contributed by atoms with Crippen molar-refractivity contribution in [2.75, 3.05) is 6.61 Å². The summed E-state index contributed by atoms with van der Waals surface area (Å²) in [6.45, 7) is 13.6. The molecule has 4 aliphatic rings. The van der Waals surface area contributed by atoms with Gasteiger partial charge in [-0.3, -0.25) is 14.4 Å². The fourth-order valence-corrected chi connectivity index (χ4v) is 14.3. The van der Waals surface area contributed by atoms with Gasteiger partial charge in [-0.25, -0.2) is 9.59 Å². The highest BCUT2D eigenvalue weighted by Gasteiger charge is 2.78. The Morgan fingerprint density at radius 3 is 1.95 bits per heavy atom. The zero-order valence-corrected chi connectivity index (χ0v) is 39.9. The van der Waals surface area contributed by atoms with Gasteiger partial charge in [-0.1, -0.05) is 101 Å². The molecule has 2 bridgehead atoms. The summed E-state index contributed by atoms with van der Waals surface area (Å²) in [5.74, 6) is -5.41. The van der Waals surface area contributed by atoms with Crippen LogP contribution in [0.4, 0.5) is 0 Å². The van der Waals surface area contributed by atoms with E-state index in [1.54, 1.807) is 119 Å². The van der Waals surface area contributed by atoms with Crippen LogP contribution in [0.2, 0.25) is 18.1 Å². The molecule has 1 heterocycles. The molecule has 0 spiro atoms. The lowest BCUT2D eigenvalue weighted by molar-refractivity contribution is -0.344. The highest BCUT2D eigenvalue weighted by molar-refractivity contribution is 6.73. The fraction of sp³-hybridized carbons (Fsp3) is 0.510. The van der Waals surface area contributed by atoms with Gasteiger partial charge in [0.25, 0.3) is 5.91 Å². The van der Waals surface area contributed by atoms with Crippen LogP contribution in [-0.2, 0) is 37.8 Å². The van der Waals surface area contributed by atoms with Gasteiger partial charge >= 0.3 is 17.9 Å². The topological polar surface area (TPSA) is 204 Å². The Kier molecular flexibility index (Phi) is 13.8. The summed E-state index contributed by atoms with van der Waals surface area (Å²) in [4.78, 5) is 71.5. The number of carbonyl (C=O) groups excluding carboxylic acids is 5. The molecule has 3 aliphatic carbocycles. The van der Waals surface area contributed by atoms with Gasteiger partial charge in [0.2, 0.25) is 0 Å². The number of ether oxygens (including phenoxy) is 4. The van der Waals surface area contributed by atoms with Crippen molar-refractivity contribution in [2.24, 2.45) is 16.7 Å². The van der Waals surface area contributed by atoms with Gasteiger partial charge in [0.1, 0.15) is 30.0 Å². The predicted octanol–water partition coefficient (Wildman–Crippen LogP) is 6.19. The molecule has 11 atom stereocenters. The molecule has 14 nitrogen and oxygen atoms in total. The number of fused-ring (bicyclic) bond motifs is 5. The van der Waals surface area contributed by atoms with Crippen molar-refractivity contribution in [2.45, 2.75) is 140 Å². The zero-order valence-electron chi connectivity index (χ0n) is 38.9. The molecule has 0 radical (unpaired) electrons. The molecule has 0 aromatic heterocycles. The number of benzene rings is 3. The van der Waals surface area contributed by atoms with Crippen molar-refractivity contribution < 1.29 is 62.7 Å². The number of esters is 3. The van der Waals surface area contributed by atoms with E-state index in [4.69, 9.17) is 23.4 Å².